The van der Waals surface area contributed by atoms with E-state index < -0.39 is 10.2 Å². The van der Waals surface area contributed by atoms with Gasteiger partial charge in [-0.1, -0.05) is 20.3 Å². The van der Waals surface area contributed by atoms with E-state index in [0.29, 0.717) is 37.4 Å². The normalized spacial score (nSPS) is 24.4. The summed E-state index contributed by atoms with van der Waals surface area (Å²) in [5.41, 5.74) is 0. The van der Waals surface area contributed by atoms with Gasteiger partial charge in [-0.25, -0.2) is 0 Å². The highest BCUT2D eigenvalue weighted by Gasteiger charge is 2.31. The van der Waals surface area contributed by atoms with Crippen molar-refractivity contribution in [2.45, 2.75) is 33.1 Å². The van der Waals surface area contributed by atoms with Gasteiger partial charge in [-0.2, -0.15) is 17.0 Å². The minimum atomic E-state index is -3.30. The lowest BCUT2D eigenvalue weighted by Crippen LogP contribution is -2.47. The number of alkyl halides is 1. The zero-order chi connectivity index (χ0) is 13.8. The molecule has 4 nitrogen and oxygen atoms in total. The van der Waals surface area contributed by atoms with E-state index >= 15 is 0 Å². The third-order valence-electron chi connectivity index (χ3n) is 3.69. The summed E-state index contributed by atoms with van der Waals surface area (Å²) in [6, 6.07) is 0. The van der Waals surface area contributed by atoms with Crippen molar-refractivity contribution in [3.05, 3.63) is 0 Å². The fourth-order valence-corrected chi connectivity index (χ4v) is 4.07. The molecule has 0 amide bonds. The van der Waals surface area contributed by atoms with Crippen LogP contribution in [0.25, 0.3) is 0 Å². The maximum Gasteiger partial charge on any atom is 0.281 e. The monoisotopic (exact) mass is 296 g/mol. The van der Waals surface area contributed by atoms with Crippen molar-refractivity contribution in [2.75, 3.05) is 32.6 Å². The van der Waals surface area contributed by atoms with Crippen molar-refractivity contribution in [3.63, 3.8) is 0 Å². The second-order valence-electron chi connectivity index (χ2n) is 5.32. The summed E-state index contributed by atoms with van der Waals surface area (Å²) in [5.74, 6) is 1.23. The molecule has 0 aromatic rings. The number of rotatable bonds is 6. The molecule has 0 aromatic carbocycles. The van der Waals surface area contributed by atoms with Crippen LogP contribution in [0.2, 0.25) is 0 Å². The second-order valence-corrected chi connectivity index (χ2v) is 7.67. The van der Waals surface area contributed by atoms with Crippen LogP contribution >= 0.6 is 11.6 Å². The van der Waals surface area contributed by atoms with Crippen molar-refractivity contribution < 1.29 is 8.42 Å². The molecular formula is C12H25ClN2O2S. The Morgan fingerprint density at radius 3 is 2.72 bits per heavy atom. The molecule has 18 heavy (non-hydrogen) atoms. The van der Waals surface area contributed by atoms with Gasteiger partial charge in [0.25, 0.3) is 10.2 Å². The Bertz CT molecular complexity index is 348. The first-order valence-corrected chi connectivity index (χ1v) is 8.62. The molecule has 0 radical (unpaired) electrons. The number of hydrogen-bond acceptors (Lipinski definition) is 2. The molecule has 2 atom stereocenters. The summed E-state index contributed by atoms with van der Waals surface area (Å²) in [7, 11) is -1.63. The topological polar surface area (TPSA) is 40.6 Å². The standard InChI is InChI=1S/C12H25ClN2O2S/c1-4-11(2)9-14(3)18(16,17)15-7-5-6-12(8-13)10-15/h11-12H,4-10H2,1-3H3. The highest BCUT2D eigenvalue weighted by molar-refractivity contribution is 7.86. The van der Waals surface area contributed by atoms with Crippen LogP contribution in [0, 0.1) is 11.8 Å². The predicted molar refractivity (Wildman–Crippen MR) is 76.0 cm³/mol. The van der Waals surface area contributed by atoms with E-state index in [1.807, 2.05) is 0 Å². The Labute approximate surface area is 116 Å². The summed E-state index contributed by atoms with van der Waals surface area (Å²) >= 11 is 5.85. The molecule has 0 bridgehead atoms. The van der Waals surface area contributed by atoms with Crippen LogP contribution in [0.15, 0.2) is 0 Å². The van der Waals surface area contributed by atoms with E-state index in [1.54, 1.807) is 11.4 Å². The summed E-state index contributed by atoms with van der Waals surface area (Å²) in [6.07, 6.45) is 2.93. The molecule has 108 valence electrons. The van der Waals surface area contributed by atoms with Gasteiger partial charge in [0.1, 0.15) is 0 Å². The summed E-state index contributed by atoms with van der Waals surface area (Å²) in [5, 5.41) is 0. The quantitative estimate of drug-likeness (QED) is 0.705. The fraction of sp³-hybridized carbons (Fsp3) is 1.00. The lowest BCUT2D eigenvalue weighted by molar-refractivity contribution is 0.260. The molecule has 0 saturated carbocycles. The minimum Gasteiger partial charge on any atom is -0.195 e. The first kappa shape index (κ1) is 16.2. The third-order valence-corrected chi connectivity index (χ3v) is 6.04. The van der Waals surface area contributed by atoms with Gasteiger partial charge < -0.3 is 0 Å². The average molecular weight is 297 g/mol. The van der Waals surface area contributed by atoms with E-state index in [4.69, 9.17) is 11.6 Å². The maximum absolute atomic E-state index is 12.4. The van der Waals surface area contributed by atoms with E-state index in [-0.39, 0.29) is 0 Å². The summed E-state index contributed by atoms with van der Waals surface area (Å²) < 4.78 is 27.9. The van der Waals surface area contributed by atoms with Crippen LogP contribution in [0.4, 0.5) is 0 Å². The smallest absolute Gasteiger partial charge is 0.195 e. The number of halogens is 1. The summed E-state index contributed by atoms with van der Waals surface area (Å²) in [4.78, 5) is 0. The Morgan fingerprint density at radius 2 is 2.17 bits per heavy atom. The van der Waals surface area contributed by atoms with Crippen LogP contribution in [0.3, 0.4) is 0 Å². The van der Waals surface area contributed by atoms with Gasteiger partial charge in [-0.15, -0.1) is 11.6 Å². The van der Waals surface area contributed by atoms with Gasteiger partial charge in [0.15, 0.2) is 0 Å². The molecule has 0 aliphatic carbocycles. The molecule has 1 rings (SSSR count). The molecule has 0 spiro atoms. The molecule has 0 aromatic heterocycles. The van der Waals surface area contributed by atoms with E-state index in [1.165, 1.54) is 4.31 Å². The Balaban J connectivity index is 2.67. The molecule has 1 aliphatic heterocycles. The highest BCUT2D eigenvalue weighted by Crippen LogP contribution is 2.22. The van der Waals surface area contributed by atoms with Crippen LogP contribution < -0.4 is 0 Å². The highest BCUT2D eigenvalue weighted by atomic mass is 35.5. The van der Waals surface area contributed by atoms with Gasteiger partial charge >= 0.3 is 0 Å². The predicted octanol–water partition coefficient (Wildman–Crippen LogP) is 2.16. The molecule has 1 heterocycles. The molecule has 1 fully saturated rings. The molecule has 0 N–H and O–H groups in total. The van der Waals surface area contributed by atoms with Gasteiger partial charge in [0.05, 0.1) is 0 Å². The van der Waals surface area contributed by atoms with Gasteiger partial charge in [-0.05, 0) is 24.7 Å². The van der Waals surface area contributed by atoms with Crippen LogP contribution in [0.5, 0.6) is 0 Å². The molecule has 1 saturated heterocycles. The first-order chi connectivity index (χ1) is 8.41. The van der Waals surface area contributed by atoms with Gasteiger partial charge in [0, 0.05) is 32.6 Å². The van der Waals surface area contributed by atoms with Gasteiger partial charge in [0.2, 0.25) is 0 Å². The number of piperidine rings is 1. The Hall–Kier alpha value is 0.160. The van der Waals surface area contributed by atoms with Gasteiger partial charge in [-0.3, -0.25) is 0 Å². The second kappa shape index (κ2) is 7.08. The summed E-state index contributed by atoms with van der Waals surface area (Å²) in [6.45, 7) is 5.93. The van der Waals surface area contributed by atoms with Crippen LogP contribution in [-0.2, 0) is 10.2 Å². The Kier molecular flexibility index (Phi) is 6.38. The van der Waals surface area contributed by atoms with E-state index in [9.17, 15) is 8.42 Å². The van der Waals surface area contributed by atoms with Crippen molar-refractivity contribution >= 4 is 21.8 Å². The average Bonchev–Trinajstić information content (AvgIpc) is 2.38. The SMILES string of the molecule is CCC(C)CN(C)S(=O)(=O)N1CCCC(CCl)C1. The number of nitrogens with zero attached hydrogens (tertiary/aromatic N) is 2. The molecule has 2 unspecified atom stereocenters. The lowest BCUT2D eigenvalue weighted by atomic mass is 10.0. The lowest BCUT2D eigenvalue weighted by Gasteiger charge is -2.34. The first-order valence-electron chi connectivity index (χ1n) is 6.69. The zero-order valence-corrected chi connectivity index (χ0v) is 13.2. The molecular weight excluding hydrogens is 272 g/mol. The van der Waals surface area contributed by atoms with Crippen molar-refractivity contribution in [1.82, 2.24) is 8.61 Å². The number of hydrogen-bond donors (Lipinski definition) is 0. The van der Waals surface area contributed by atoms with Crippen molar-refractivity contribution in [3.8, 4) is 0 Å². The van der Waals surface area contributed by atoms with E-state index in [0.717, 1.165) is 19.3 Å². The van der Waals surface area contributed by atoms with Crippen molar-refractivity contribution in [1.29, 1.82) is 0 Å². The van der Waals surface area contributed by atoms with Crippen LogP contribution in [-0.4, -0.2) is 49.6 Å². The maximum atomic E-state index is 12.4. The minimum absolute atomic E-state index is 0.298. The van der Waals surface area contributed by atoms with Crippen molar-refractivity contribution in [2.24, 2.45) is 11.8 Å². The zero-order valence-electron chi connectivity index (χ0n) is 11.6. The molecule has 6 heteroatoms. The largest absolute Gasteiger partial charge is 0.281 e. The van der Waals surface area contributed by atoms with Crippen LogP contribution in [0.1, 0.15) is 33.1 Å². The fourth-order valence-electron chi connectivity index (χ4n) is 2.22. The third kappa shape index (κ3) is 4.08. The Morgan fingerprint density at radius 1 is 1.50 bits per heavy atom. The van der Waals surface area contributed by atoms with E-state index in [2.05, 4.69) is 13.8 Å². The molecule has 1 aliphatic rings.